The van der Waals surface area contributed by atoms with Crippen molar-refractivity contribution in [2.45, 2.75) is 31.8 Å². The van der Waals surface area contributed by atoms with Crippen LogP contribution in [0.2, 0.25) is 0 Å². The monoisotopic (exact) mass is 306 g/mol. The second-order valence-corrected chi connectivity index (χ2v) is 8.06. The van der Waals surface area contributed by atoms with Gasteiger partial charge in [0.05, 0.1) is 11.5 Å². The summed E-state index contributed by atoms with van der Waals surface area (Å²) in [6, 6.07) is 10.6. The number of sulfone groups is 1. The molecule has 114 valence electrons. The third-order valence-corrected chi connectivity index (χ3v) is 5.97. The molecule has 0 saturated carbocycles. The number of nitrogens with one attached hydrogen (secondary N) is 1. The Morgan fingerprint density at radius 1 is 1.24 bits per heavy atom. The van der Waals surface area contributed by atoms with Crippen molar-refractivity contribution in [1.82, 2.24) is 9.88 Å². The first-order valence-electron chi connectivity index (χ1n) is 7.62. The van der Waals surface area contributed by atoms with Crippen LogP contribution in [0.25, 0.3) is 10.9 Å². The summed E-state index contributed by atoms with van der Waals surface area (Å²) < 4.78 is 25.4. The van der Waals surface area contributed by atoms with Crippen LogP contribution in [0, 0.1) is 0 Å². The predicted octanol–water partition coefficient (Wildman–Crippen LogP) is 2.20. The second-order valence-electron chi connectivity index (χ2n) is 5.83. The smallest absolute Gasteiger partial charge is 0.151 e. The molecule has 0 bridgehead atoms. The maximum absolute atomic E-state index is 11.6. The van der Waals surface area contributed by atoms with E-state index in [-0.39, 0.29) is 6.04 Å². The Morgan fingerprint density at radius 2 is 2.10 bits per heavy atom. The van der Waals surface area contributed by atoms with E-state index < -0.39 is 9.84 Å². The van der Waals surface area contributed by atoms with Crippen molar-refractivity contribution in [2.24, 2.45) is 0 Å². The molecule has 1 aliphatic heterocycles. The molecule has 1 aliphatic rings. The highest BCUT2D eigenvalue weighted by Gasteiger charge is 2.23. The molecule has 1 fully saturated rings. The third-order valence-electron chi connectivity index (χ3n) is 4.15. The molecule has 1 N–H and O–H groups in total. The number of nitrogens with zero attached hydrogens (tertiary/aromatic N) is 1. The first kappa shape index (κ1) is 14.6. The number of aryl methyl sites for hydroxylation is 1. The minimum atomic E-state index is -2.81. The van der Waals surface area contributed by atoms with E-state index in [9.17, 15) is 8.42 Å². The van der Waals surface area contributed by atoms with Gasteiger partial charge in [0, 0.05) is 24.3 Å². The minimum absolute atomic E-state index is 0.144. The molecule has 3 rings (SSSR count). The van der Waals surface area contributed by atoms with Crippen molar-refractivity contribution >= 4 is 20.7 Å². The van der Waals surface area contributed by atoms with E-state index in [1.54, 1.807) is 0 Å². The highest BCUT2D eigenvalue weighted by atomic mass is 32.2. The summed E-state index contributed by atoms with van der Waals surface area (Å²) in [6.07, 6.45) is 4.90. The van der Waals surface area contributed by atoms with Crippen LogP contribution in [-0.4, -0.2) is 37.1 Å². The fourth-order valence-electron chi connectivity index (χ4n) is 3.08. The maximum Gasteiger partial charge on any atom is 0.151 e. The molecule has 0 amide bonds. The normalized spacial score (nSPS) is 21.6. The Bertz CT molecular complexity index is 706. The SMILES string of the molecule is O=S1(=O)CCCC(NCCCn2ccc3ccccc32)C1. The molecular weight excluding hydrogens is 284 g/mol. The average Bonchev–Trinajstić information content (AvgIpc) is 2.86. The van der Waals surface area contributed by atoms with Crippen molar-refractivity contribution in [1.29, 1.82) is 0 Å². The van der Waals surface area contributed by atoms with Gasteiger partial charge < -0.3 is 9.88 Å². The topological polar surface area (TPSA) is 51.1 Å². The maximum atomic E-state index is 11.6. The Kier molecular flexibility index (Phi) is 4.31. The van der Waals surface area contributed by atoms with Crippen LogP contribution in [0.5, 0.6) is 0 Å². The molecule has 1 aromatic carbocycles. The summed E-state index contributed by atoms with van der Waals surface area (Å²) in [7, 11) is -2.81. The van der Waals surface area contributed by atoms with Gasteiger partial charge in [-0.05, 0) is 43.3 Å². The summed E-state index contributed by atoms with van der Waals surface area (Å²) in [4.78, 5) is 0. The second kappa shape index (κ2) is 6.20. The van der Waals surface area contributed by atoms with Crippen molar-refractivity contribution in [2.75, 3.05) is 18.1 Å². The molecule has 0 aliphatic carbocycles. The first-order valence-corrected chi connectivity index (χ1v) is 9.44. The van der Waals surface area contributed by atoms with Crippen molar-refractivity contribution in [3.05, 3.63) is 36.5 Å². The molecule has 2 heterocycles. The van der Waals surface area contributed by atoms with Crippen molar-refractivity contribution < 1.29 is 8.42 Å². The zero-order valence-electron chi connectivity index (χ0n) is 12.2. The Balaban J connectivity index is 1.48. The molecule has 0 spiro atoms. The summed E-state index contributed by atoms with van der Waals surface area (Å²) in [5.41, 5.74) is 1.26. The van der Waals surface area contributed by atoms with E-state index in [1.807, 2.05) is 0 Å². The fourth-order valence-corrected chi connectivity index (χ4v) is 4.75. The predicted molar refractivity (Wildman–Crippen MR) is 86.2 cm³/mol. The molecule has 5 heteroatoms. The lowest BCUT2D eigenvalue weighted by Crippen LogP contribution is -2.40. The van der Waals surface area contributed by atoms with Crippen LogP contribution >= 0.6 is 0 Å². The van der Waals surface area contributed by atoms with Crippen LogP contribution in [0.1, 0.15) is 19.3 Å². The van der Waals surface area contributed by atoms with E-state index in [2.05, 4.69) is 46.4 Å². The zero-order chi connectivity index (χ0) is 14.7. The van der Waals surface area contributed by atoms with Crippen LogP contribution in [0.15, 0.2) is 36.5 Å². The number of fused-ring (bicyclic) bond motifs is 1. The molecular formula is C16H22N2O2S. The zero-order valence-corrected chi connectivity index (χ0v) is 13.0. The molecule has 1 unspecified atom stereocenters. The van der Waals surface area contributed by atoms with E-state index in [0.717, 1.165) is 32.4 Å². The summed E-state index contributed by atoms with van der Waals surface area (Å²) >= 11 is 0. The molecule has 4 nitrogen and oxygen atoms in total. The van der Waals surface area contributed by atoms with E-state index in [4.69, 9.17) is 0 Å². The van der Waals surface area contributed by atoms with Gasteiger partial charge in [0.25, 0.3) is 0 Å². The van der Waals surface area contributed by atoms with Crippen molar-refractivity contribution in [3.8, 4) is 0 Å². The van der Waals surface area contributed by atoms with Gasteiger partial charge in [-0.3, -0.25) is 0 Å². The van der Waals surface area contributed by atoms with Gasteiger partial charge in [-0.2, -0.15) is 0 Å². The molecule has 1 atom stereocenters. The fraction of sp³-hybridized carbons (Fsp3) is 0.500. The van der Waals surface area contributed by atoms with Gasteiger partial charge in [-0.15, -0.1) is 0 Å². The number of hydrogen-bond donors (Lipinski definition) is 1. The Hall–Kier alpha value is -1.33. The van der Waals surface area contributed by atoms with E-state index in [1.165, 1.54) is 10.9 Å². The average molecular weight is 306 g/mol. The molecule has 0 radical (unpaired) electrons. The number of hydrogen-bond acceptors (Lipinski definition) is 3. The van der Waals surface area contributed by atoms with Gasteiger partial charge in [0.1, 0.15) is 0 Å². The molecule has 1 saturated heterocycles. The lowest BCUT2D eigenvalue weighted by molar-refractivity contribution is 0.467. The summed E-state index contributed by atoms with van der Waals surface area (Å²) in [5.74, 6) is 0.667. The number of benzene rings is 1. The number of rotatable bonds is 5. The van der Waals surface area contributed by atoms with Gasteiger partial charge >= 0.3 is 0 Å². The number of aromatic nitrogens is 1. The highest BCUT2D eigenvalue weighted by Crippen LogP contribution is 2.15. The van der Waals surface area contributed by atoms with Gasteiger partial charge in [0.15, 0.2) is 9.84 Å². The molecule has 1 aromatic heterocycles. The van der Waals surface area contributed by atoms with Gasteiger partial charge in [0.2, 0.25) is 0 Å². The van der Waals surface area contributed by atoms with E-state index >= 15 is 0 Å². The number of para-hydroxylation sites is 1. The highest BCUT2D eigenvalue weighted by molar-refractivity contribution is 7.91. The quantitative estimate of drug-likeness (QED) is 0.862. The lowest BCUT2D eigenvalue weighted by Gasteiger charge is -2.23. The molecule has 2 aromatic rings. The largest absolute Gasteiger partial charge is 0.347 e. The summed E-state index contributed by atoms with van der Waals surface area (Å²) in [5, 5.41) is 4.66. The standard InChI is InChI=1S/C16H22N2O2S/c19-21(20)12-3-6-15(13-21)17-9-4-10-18-11-8-14-5-1-2-7-16(14)18/h1-2,5,7-8,11,15,17H,3-4,6,9-10,12-13H2. The third kappa shape index (κ3) is 3.66. The van der Waals surface area contributed by atoms with Gasteiger partial charge in [-0.1, -0.05) is 18.2 Å². The first-order chi connectivity index (χ1) is 10.1. The van der Waals surface area contributed by atoms with Crippen LogP contribution in [-0.2, 0) is 16.4 Å². The minimum Gasteiger partial charge on any atom is -0.347 e. The lowest BCUT2D eigenvalue weighted by atomic mass is 10.2. The van der Waals surface area contributed by atoms with Crippen LogP contribution in [0.4, 0.5) is 0 Å². The summed E-state index contributed by atoms with van der Waals surface area (Å²) in [6.45, 7) is 1.83. The van der Waals surface area contributed by atoms with Crippen LogP contribution < -0.4 is 5.32 Å². The van der Waals surface area contributed by atoms with Crippen molar-refractivity contribution in [3.63, 3.8) is 0 Å². The van der Waals surface area contributed by atoms with Gasteiger partial charge in [-0.25, -0.2) is 8.42 Å². The van der Waals surface area contributed by atoms with Crippen LogP contribution in [0.3, 0.4) is 0 Å². The Labute approximate surface area is 126 Å². The van der Waals surface area contributed by atoms with E-state index in [0.29, 0.717) is 11.5 Å². The molecule has 21 heavy (non-hydrogen) atoms. The Morgan fingerprint density at radius 3 is 2.95 bits per heavy atom.